The molecular weight excluding hydrogens is 323 g/mol. The van der Waals surface area contributed by atoms with Gasteiger partial charge in [0.1, 0.15) is 24.0 Å². The second-order valence-electron chi connectivity index (χ2n) is 4.30. The van der Waals surface area contributed by atoms with Crippen LogP contribution in [0.15, 0.2) is 41.0 Å². The number of nitrogens with zero attached hydrogens (tertiary/aromatic N) is 1. The molecule has 0 atom stereocenters. The minimum absolute atomic E-state index is 0.295. The molecule has 0 aliphatic heterocycles. The molecule has 0 spiro atoms. The quantitative estimate of drug-likeness (QED) is 0.848. The highest BCUT2D eigenvalue weighted by Crippen LogP contribution is 2.26. The van der Waals surface area contributed by atoms with Crippen molar-refractivity contribution in [3.05, 3.63) is 52.4 Å². The zero-order valence-electron chi connectivity index (χ0n) is 11.2. The highest BCUT2D eigenvalue weighted by Gasteiger charge is 2.06. The van der Waals surface area contributed by atoms with Gasteiger partial charge in [0, 0.05) is 18.3 Å². The number of halogens is 2. The Morgan fingerprint density at radius 3 is 2.95 bits per heavy atom. The second-order valence-corrected chi connectivity index (χ2v) is 5.16. The highest BCUT2D eigenvalue weighted by atomic mass is 79.9. The molecule has 20 heavy (non-hydrogen) atoms. The van der Waals surface area contributed by atoms with E-state index in [-0.39, 0.29) is 5.82 Å². The summed E-state index contributed by atoms with van der Waals surface area (Å²) in [6.45, 7) is 3.34. The molecule has 0 fully saturated rings. The molecule has 0 amide bonds. The van der Waals surface area contributed by atoms with Crippen LogP contribution in [-0.4, -0.2) is 11.5 Å². The lowest BCUT2D eigenvalue weighted by atomic mass is 10.2. The molecule has 0 saturated heterocycles. The van der Waals surface area contributed by atoms with Crippen molar-refractivity contribution in [1.29, 1.82) is 0 Å². The average Bonchev–Trinajstić information content (AvgIpc) is 2.45. The molecule has 2 rings (SSSR count). The van der Waals surface area contributed by atoms with Crippen LogP contribution in [-0.2, 0) is 6.61 Å². The number of hydrogen-bond acceptors (Lipinski definition) is 3. The summed E-state index contributed by atoms with van der Waals surface area (Å²) in [6.07, 6.45) is 2.77. The van der Waals surface area contributed by atoms with Crippen LogP contribution in [0.1, 0.15) is 18.9 Å². The van der Waals surface area contributed by atoms with Crippen LogP contribution in [0.3, 0.4) is 0 Å². The first kappa shape index (κ1) is 14.8. The monoisotopic (exact) mass is 338 g/mol. The third-order valence-electron chi connectivity index (χ3n) is 2.71. The van der Waals surface area contributed by atoms with Crippen molar-refractivity contribution in [3.8, 4) is 5.75 Å². The van der Waals surface area contributed by atoms with Crippen LogP contribution in [0, 0.1) is 5.82 Å². The SMILES string of the molecule is CCCNc1ncccc1COc1ccc(F)cc1Br. The van der Waals surface area contributed by atoms with Gasteiger partial charge in [0.05, 0.1) is 4.47 Å². The predicted molar refractivity (Wildman–Crippen MR) is 81.4 cm³/mol. The molecule has 3 nitrogen and oxygen atoms in total. The van der Waals surface area contributed by atoms with Gasteiger partial charge >= 0.3 is 0 Å². The Morgan fingerprint density at radius 2 is 2.20 bits per heavy atom. The Bertz CT molecular complexity index is 578. The van der Waals surface area contributed by atoms with Crippen molar-refractivity contribution in [2.45, 2.75) is 20.0 Å². The van der Waals surface area contributed by atoms with Gasteiger partial charge in [-0.2, -0.15) is 0 Å². The fraction of sp³-hybridized carbons (Fsp3) is 0.267. The number of anilines is 1. The predicted octanol–water partition coefficient (Wildman–Crippen LogP) is 4.38. The fourth-order valence-electron chi connectivity index (χ4n) is 1.71. The molecule has 1 aromatic heterocycles. The van der Waals surface area contributed by atoms with Crippen LogP contribution >= 0.6 is 15.9 Å². The molecule has 0 bridgehead atoms. The first-order valence-electron chi connectivity index (χ1n) is 6.46. The Balaban J connectivity index is 2.06. The molecule has 5 heteroatoms. The largest absolute Gasteiger partial charge is 0.488 e. The minimum Gasteiger partial charge on any atom is -0.488 e. The molecule has 0 radical (unpaired) electrons. The van der Waals surface area contributed by atoms with Gasteiger partial charge in [-0.15, -0.1) is 0 Å². The average molecular weight is 339 g/mol. The molecule has 0 saturated carbocycles. The van der Waals surface area contributed by atoms with Crippen LogP contribution in [0.2, 0.25) is 0 Å². The summed E-state index contributed by atoms with van der Waals surface area (Å²) in [5, 5.41) is 3.26. The summed E-state index contributed by atoms with van der Waals surface area (Å²) in [6, 6.07) is 8.20. The van der Waals surface area contributed by atoms with Crippen molar-refractivity contribution >= 4 is 21.7 Å². The smallest absolute Gasteiger partial charge is 0.134 e. The van der Waals surface area contributed by atoms with Gasteiger partial charge in [-0.3, -0.25) is 0 Å². The zero-order valence-corrected chi connectivity index (χ0v) is 12.8. The Labute approximate surface area is 126 Å². The van der Waals surface area contributed by atoms with Crippen LogP contribution < -0.4 is 10.1 Å². The molecule has 1 N–H and O–H groups in total. The molecule has 1 heterocycles. The van der Waals surface area contributed by atoms with Gasteiger partial charge in [0.15, 0.2) is 0 Å². The maximum atomic E-state index is 13.0. The third kappa shape index (κ3) is 3.93. The lowest BCUT2D eigenvalue weighted by molar-refractivity contribution is 0.304. The molecule has 106 valence electrons. The van der Waals surface area contributed by atoms with Gasteiger partial charge in [0.25, 0.3) is 0 Å². The minimum atomic E-state index is -0.295. The maximum Gasteiger partial charge on any atom is 0.134 e. The Morgan fingerprint density at radius 1 is 1.35 bits per heavy atom. The Kier molecular flexibility index (Phi) is 5.35. The van der Waals surface area contributed by atoms with E-state index in [4.69, 9.17) is 4.74 Å². The summed E-state index contributed by atoms with van der Waals surface area (Å²) in [7, 11) is 0. The Hall–Kier alpha value is -1.62. The zero-order chi connectivity index (χ0) is 14.4. The molecule has 0 aliphatic rings. The van der Waals surface area contributed by atoms with E-state index in [1.165, 1.54) is 12.1 Å². The van der Waals surface area contributed by atoms with E-state index in [0.29, 0.717) is 16.8 Å². The standard InChI is InChI=1S/C15H16BrFN2O/c1-2-7-18-15-11(4-3-8-19-15)10-20-14-6-5-12(17)9-13(14)16/h3-6,8-9H,2,7,10H2,1H3,(H,18,19). The van der Waals surface area contributed by atoms with Gasteiger partial charge in [0.2, 0.25) is 0 Å². The number of rotatable bonds is 6. The van der Waals surface area contributed by atoms with E-state index >= 15 is 0 Å². The van der Waals surface area contributed by atoms with Gasteiger partial charge in [-0.05, 0) is 46.6 Å². The van der Waals surface area contributed by atoms with Gasteiger partial charge in [-0.25, -0.2) is 9.37 Å². The van der Waals surface area contributed by atoms with E-state index in [1.807, 2.05) is 12.1 Å². The third-order valence-corrected chi connectivity index (χ3v) is 3.33. The summed E-state index contributed by atoms with van der Waals surface area (Å²) >= 11 is 3.28. The molecule has 0 unspecified atom stereocenters. The van der Waals surface area contributed by atoms with Crippen LogP contribution in [0.4, 0.5) is 10.2 Å². The van der Waals surface area contributed by atoms with Crippen LogP contribution in [0.5, 0.6) is 5.75 Å². The maximum absolute atomic E-state index is 13.0. The fourth-order valence-corrected chi connectivity index (χ4v) is 2.17. The molecule has 0 aliphatic carbocycles. The summed E-state index contributed by atoms with van der Waals surface area (Å²) < 4.78 is 19.3. The summed E-state index contributed by atoms with van der Waals surface area (Å²) in [5.74, 6) is 1.14. The molecule has 2 aromatic rings. The molecule has 1 aromatic carbocycles. The van der Waals surface area contributed by atoms with E-state index in [0.717, 1.165) is 24.3 Å². The summed E-state index contributed by atoms with van der Waals surface area (Å²) in [4.78, 5) is 4.30. The molecular formula is C15H16BrFN2O. The van der Waals surface area contributed by atoms with Crippen molar-refractivity contribution in [3.63, 3.8) is 0 Å². The van der Waals surface area contributed by atoms with E-state index in [2.05, 4.69) is 33.2 Å². The number of aromatic nitrogens is 1. The number of nitrogens with one attached hydrogen (secondary N) is 1. The van der Waals surface area contributed by atoms with Crippen molar-refractivity contribution in [1.82, 2.24) is 4.98 Å². The lowest BCUT2D eigenvalue weighted by Crippen LogP contribution is -2.07. The van der Waals surface area contributed by atoms with Crippen molar-refractivity contribution in [2.24, 2.45) is 0 Å². The second kappa shape index (κ2) is 7.24. The van der Waals surface area contributed by atoms with Crippen molar-refractivity contribution in [2.75, 3.05) is 11.9 Å². The number of ether oxygens (including phenoxy) is 1. The number of benzene rings is 1. The van der Waals surface area contributed by atoms with Gasteiger partial charge < -0.3 is 10.1 Å². The topological polar surface area (TPSA) is 34.2 Å². The van der Waals surface area contributed by atoms with E-state index in [1.54, 1.807) is 12.3 Å². The number of hydrogen-bond donors (Lipinski definition) is 1. The number of pyridine rings is 1. The van der Waals surface area contributed by atoms with Crippen molar-refractivity contribution < 1.29 is 9.13 Å². The van der Waals surface area contributed by atoms with E-state index < -0.39 is 0 Å². The van der Waals surface area contributed by atoms with Crippen LogP contribution in [0.25, 0.3) is 0 Å². The first-order valence-corrected chi connectivity index (χ1v) is 7.25. The first-order chi connectivity index (χ1) is 9.70. The van der Waals surface area contributed by atoms with Gasteiger partial charge in [-0.1, -0.05) is 13.0 Å². The normalized spacial score (nSPS) is 10.3. The lowest BCUT2D eigenvalue weighted by Gasteiger charge is -2.12. The summed E-state index contributed by atoms with van der Waals surface area (Å²) in [5.41, 5.74) is 0.970. The highest BCUT2D eigenvalue weighted by molar-refractivity contribution is 9.10. The van der Waals surface area contributed by atoms with E-state index in [9.17, 15) is 4.39 Å².